The second kappa shape index (κ2) is 4.94. The number of halogens is 1. The summed E-state index contributed by atoms with van der Waals surface area (Å²) in [5.41, 5.74) is 0.290. The minimum atomic E-state index is -0.587. The highest BCUT2D eigenvalue weighted by molar-refractivity contribution is 6.32. The van der Waals surface area contributed by atoms with Crippen LogP contribution in [0, 0.1) is 10.1 Å². The highest BCUT2D eigenvalue weighted by Gasteiger charge is 2.20. The SMILES string of the molecule is COC(=O)C(C)c1ccc(Cl)c([N+](=O)[O-])c1. The number of methoxy groups -OCH3 is 1. The van der Waals surface area contributed by atoms with Gasteiger partial charge in [0.2, 0.25) is 0 Å². The van der Waals surface area contributed by atoms with Crippen molar-refractivity contribution >= 4 is 23.3 Å². The van der Waals surface area contributed by atoms with Crippen LogP contribution in [-0.4, -0.2) is 18.0 Å². The van der Waals surface area contributed by atoms with Crippen LogP contribution < -0.4 is 0 Å². The predicted octanol–water partition coefficient (Wildman–Crippen LogP) is 2.52. The van der Waals surface area contributed by atoms with Crippen molar-refractivity contribution in [2.24, 2.45) is 0 Å². The van der Waals surface area contributed by atoms with E-state index >= 15 is 0 Å². The molecular formula is C10H10ClNO4. The summed E-state index contributed by atoms with van der Waals surface area (Å²) in [7, 11) is 1.27. The fraction of sp³-hybridized carbons (Fsp3) is 0.300. The standard InChI is InChI=1S/C10H10ClNO4/c1-6(10(13)16-2)7-3-4-8(11)9(5-7)12(14)15/h3-6H,1-2H3. The van der Waals surface area contributed by atoms with E-state index in [0.717, 1.165) is 0 Å². The second-order valence-corrected chi connectivity index (χ2v) is 3.62. The number of esters is 1. The molecule has 1 aromatic rings. The molecule has 0 amide bonds. The summed E-state index contributed by atoms with van der Waals surface area (Å²) in [6.45, 7) is 1.61. The first-order valence-corrected chi connectivity index (χ1v) is 4.86. The fourth-order valence-corrected chi connectivity index (χ4v) is 1.44. The number of hydrogen-bond donors (Lipinski definition) is 0. The Morgan fingerprint density at radius 3 is 2.69 bits per heavy atom. The van der Waals surface area contributed by atoms with Crippen LogP contribution >= 0.6 is 11.6 Å². The third-order valence-electron chi connectivity index (χ3n) is 2.22. The van der Waals surface area contributed by atoms with Crippen molar-refractivity contribution in [3.8, 4) is 0 Å². The molecule has 0 aliphatic carbocycles. The van der Waals surface area contributed by atoms with Crippen LogP contribution in [0.2, 0.25) is 5.02 Å². The fourth-order valence-electron chi connectivity index (χ4n) is 1.25. The zero-order valence-electron chi connectivity index (χ0n) is 8.77. The van der Waals surface area contributed by atoms with Gasteiger partial charge in [0.15, 0.2) is 0 Å². The van der Waals surface area contributed by atoms with Crippen LogP contribution in [0.1, 0.15) is 18.4 Å². The van der Waals surface area contributed by atoms with Crippen LogP contribution in [0.15, 0.2) is 18.2 Å². The van der Waals surface area contributed by atoms with Crippen molar-refractivity contribution in [2.75, 3.05) is 7.11 Å². The third-order valence-corrected chi connectivity index (χ3v) is 2.54. The molecule has 1 atom stereocenters. The van der Waals surface area contributed by atoms with E-state index in [9.17, 15) is 14.9 Å². The van der Waals surface area contributed by atoms with Crippen LogP contribution in [0.25, 0.3) is 0 Å². The number of benzene rings is 1. The molecule has 16 heavy (non-hydrogen) atoms. The summed E-state index contributed by atoms with van der Waals surface area (Å²) in [6, 6.07) is 4.25. The van der Waals surface area contributed by atoms with E-state index in [0.29, 0.717) is 5.56 Å². The maximum Gasteiger partial charge on any atom is 0.312 e. The van der Waals surface area contributed by atoms with Gasteiger partial charge in [0.1, 0.15) is 5.02 Å². The summed E-state index contributed by atoms with van der Waals surface area (Å²) in [6.07, 6.45) is 0. The molecule has 0 radical (unpaired) electrons. The van der Waals surface area contributed by atoms with Gasteiger partial charge in [-0.15, -0.1) is 0 Å². The molecule has 0 aliphatic heterocycles. The molecule has 1 unspecified atom stereocenters. The van der Waals surface area contributed by atoms with Crippen LogP contribution in [0.4, 0.5) is 5.69 Å². The Kier molecular flexibility index (Phi) is 3.84. The van der Waals surface area contributed by atoms with Crippen molar-refractivity contribution in [3.05, 3.63) is 38.9 Å². The van der Waals surface area contributed by atoms with Gasteiger partial charge in [-0.25, -0.2) is 0 Å². The number of carbonyl (C=O) groups is 1. The van der Waals surface area contributed by atoms with Gasteiger partial charge in [0.05, 0.1) is 18.0 Å². The first kappa shape index (κ1) is 12.4. The lowest BCUT2D eigenvalue weighted by Gasteiger charge is -2.09. The third kappa shape index (κ3) is 2.49. The lowest BCUT2D eigenvalue weighted by atomic mass is 10.0. The number of carbonyl (C=O) groups excluding carboxylic acids is 1. The molecular weight excluding hydrogens is 234 g/mol. The molecule has 0 aromatic heterocycles. The van der Waals surface area contributed by atoms with Crippen molar-refractivity contribution in [1.82, 2.24) is 0 Å². The zero-order chi connectivity index (χ0) is 12.3. The van der Waals surface area contributed by atoms with Crippen molar-refractivity contribution in [3.63, 3.8) is 0 Å². The van der Waals surface area contributed by atoms with Crippen LogP contribution in [-0.2, 0) is 9.53 Å². The van der Waals surface area contributed by atoms with Gasteiger partial charge in [0, 0.05) is 6.07 Å². The van der Waals surface area contributed by atoms with Crippen molar-refractivity contribution in [1.29, 1.82) is 0 Å². The van der Waals surface area contributed by atoms with Gasteiger partial charge in [-0.1, -0.05) is 17.7 Å². The van der Waals surface area contributed by atoms with E-state index in [2.05, 4.69) is 4.74 Å². The highest BCUT2D eigenvalue weighted by atomic mass is 35.5. The molecule has 5 nitrogen and oxygen atoms in total. The van der Waals surface area contributed by atoms with Gasteiger partial charge in [-0.3, -0.25) is 14.9 Å². The maximum absolute atomic E-state index is 11.3. The van der Waals surface area contributed by atoms with Gasteiger partial charge >= 0.3 is 5.97 Å². The number of nitro groups is 1. The lowest BCUT2D eigenvalue weighted by Crippen LogP contribution is -2.10. The summed E-state index contributed by atoms with van der Waals surface area (Å²) in [4.78, 5) is 21.3. The topological polar surface area (TPSA) is 69.4 Å². The normalized spacial score (nSPS) is 11.9. The second-order valence-electron chi connectivity index (χ2n) is 3.21. The summed E-state index contributed by atoms with van der Waals surface area (Å²) >= 11 is 5.65. The molecule has 6 heteroatoms. The van der Waals surface area contributed by atoms with E-state index in [4.69, 9.17) is 11.6 Å². The average molecular weight is 244 g/mol. The Hall–Kier alpha value is -1.62. The minimum absolute atomic E-state index is 0.0471. The quantitative estimate of drug-likeness (QED) is 0.465. The molecule has 86 valence electrons. The Morgan fingerprint density at radius 1 is 1.56 bits per heavy atom. The Labute approximate surface area is 97.1 Å². The van der Waals surface area contributed by atoms with Crippen molar-refractivity contribution < 1.29 is 14.5 Å². The summed E-state index contributed by atoms with van der Waals surface area (Å²) in [5, 5.41) is 10.7. The molecule has 0 bridgehead atoms. The maximum atomic E-state index is 11.3. The van der Waals surface area contributed by atoms with Gasteiger partial charge in [0.25, 0.3) is 5.69 Å². The van der Waals surface area contributed by atoms with Crippen LogP contribution in [0.3, 0.4) is 0 Å². The van der Waals surface area contributed by atoms with Crippen molar-refractivity contribution in [2.45, 2.75) is 12.8 Å². The molecule has 1 rings (SSSR count). The molecule has 0 fully saturated rings. The molecule has 0 heterocycles. The van der Waals surface area contributed by atoms with Gasteiger partial charge in [-0.2, -0.15) is 0 Å². The smallest absolute Gasteiger partial charge is 0.312 e. The van der Waals surface area contributed by atoms with Gasteiger partial charge < -0.3 is 4.74 Å². The van der Waals surface area contributed by atoms with E-state index in [1.165, 1.54) is 19.2 Å². The minimum Gasteiger partial charge on any atom is -0.469 e. The number of ether oxygens (including phenoxy) is 1. The molecule has 1 aromatic carbocycles. The zero-order valence-corrected chi connectivity index (χ0v) is 9.52. The Morgan fingerprint density at radius 2 is 2.19 bits per heavy atom. The summed E-state index contributed by atoms with van der Waals surface area (Å²) < 4.78 is 4.56. The first-order valence-electron chi connectivity index (χ1n) is 4.49. The van der Waals surface area contributed by atoms with Crippen LogP contribution in [0.5, 0.6) is 0 Å². The van der Waals surface area contributed by atoms with E-state index in [1.54, 1.807) is 13.0 Å². The highest BCUT2D eigenvalue weighted by Crippen LogP contribution is 2.28. The number of hydrogen-bond acceptors (Lipinski definition) is 4. The predicted molar refractivity (Wildman–Crippen MR) is 58.5 cm³/mol. The Bertz CT molecular complexity index is 433. The van der Waals surface area contributed by atoms with E-state index < -0.39 is 16.8 Å². The average Bonchev–Trinajstić information content (AvgIpc) is 2.27. The van der Waals surface area contributed by atoms with Gasteiger partial charge in [-0.05, 0) is 18.6 Å². The molecule has 0 saturated carbocycles. The Balaban J connectivity index is 3.12. The monoisotopic (exact) mass is 243 g/mol. The summed E-state index contributed by atoms with van der Waals surface area (Å²) in [5.74, 6) is -1.00. The molecule has 0 saturated heterocycles. The number of nitrogens with zero attached hydrogens (tertiary/aromatic N) is 1. The molecule has 0 aliphatic rings. The molecule has 0 N–H and O–H groups in total. The van der Waals surface area contributed by atoms with E-state index in [1.807, 2.05) is 0 Å². The number of rotatable bonds is 3. The lowest BCUT2D eigenvalue weighted by molar-refractivity contribution is -0.384. The van der Waals surface area contributed by atoms with E-state index in [-0.39, 0.29) is 10.7 Å². The molecule has 0 spiro atoms. The first-order chi connectivity index (χ1) is 7.47. The number of nitro benzene ring substituents is 1. The largest absolute Gasteiger partial charge is 0.469 e.